The second-order valence-electron chi connectivity index (χ2n) is 6.51. The van der Waals surface area contributed by atoms with Crippen LogP contribution in [0.3, 0.4) is 0 Å². The van der Waals surface area contributed by atoms with E-state index >= 15 is 0 Å². The van der Waals surface area contributed by atoms with Crippen LogP contribution in [0.25, 0.3) is 5.57 Å². The first-order valence-electron chi connectivity index (χ1n) is 7.05. The number of carbonyl (C=O) groups is 1. The Morgan fingerprint density at radius 3 is 2.15 bits per heavy atom. The summed E-state index contributed by atoms with van der Waals surface area (Å²) in [7, 11) is 0. The van der Waals surface area contributed by atoms with Gasteiger partial charge in [-0.2, -0.15) is 0 Å². The average Bonchev–Trinajstić information content (AvgIpc) is 2.76. The van der Waals surface area contributed by atoms with Crippen molar-refractivity contribution in [1.82, 2.24) is 0 Å². The summed E-state index contributed by atoms with van der Waals surface area (Å²) in [5.41, 5.74) is 4.75. The van der Waals surface area contributed by atoms with Crippen molar-refractivity contribution in [1.29, 1.82) is 0 Å². The Morgan fingerprint density at radius 2 is 1.60 bits per heavy atom. The number of rotatable bonds is 2. The molecule has 2 heteroatoms. The fourth-order valence-corrected chi connectivity index (χ4v) is 4.31. The molecule has 0 amide bonds. The molecule has 1 aromatic rings. The van der Waals surface area contributed by atoms with E-state index in [1.807, 2.05) is 30.3 Å². The summed E-state index contributed by atoms with van der Waals surface area (Å²) in [6, 6.07) is 9.97. The summed E-state index contributed by atoms with van der Waals surface area (Å²) in [6.07, 6.45) is 0.878. The van der Waals surface area contributed by atoms with Crippen molar-refractivity contribution in [2.24, 2.45) is 10.8 Å². The van der Waals surface area contributed by atoms with Crippen molar-refractivity contribution in [3.63, 3.8) is 0 Å². The van der Waals surface area contributed by atoms with E-state index in [0.717, 1.165) is 17.6 Å². The molecule has 2 aliphatic carbocycles. The van der Waals surface area contributed by atoms with Crippen LogP contribution in [0.4, 0.5) is 0 Å². The van der Waals surface area contributed by atoms with Crippen LogP contribution in [-0.4, -0.2) is 11.1 Å². The Bertz CT molecular complexity index is 666. The van der Waals surface area contributed by atoms with E-state index in [4.69, 9.17) is 0 Å². The Hall–Kier alpha value is -1.83. The molecule has 1 N–H and O–H groups in total. The molecular weight excluding hydrogens is 248 g/mol. The van der Waals surface area contributed by atoms with Crippen LogP contribution in [0, 0.1) is 10.8 Å². The lowest BCUT2D eigenvalue weighted by molar-refractivity contribution is -0.133. The second kappa shape index (κ2) is 3.85. The van der Waals surface area contributed by atoms with Gasteiger partial charge in [-0.15, -0.1) is 0 Å². The standard InChI is InChI=1S/C18H20O2/c1-11-12(2)18(4)10-17(11,3)14(15(18)16(19)20)13-8-6-5-7-9-13/h5-9H,10H2,1-4H3,(H,19,20). The van der Waals surface area contributed by atoms with Crippen molar-refractivity contribution in [2.45, 2.75) is 34.1 Å². The van der Waals surface area contributed by atoms with Crippen LogP contribution in [0.2, 0.25) is 0 Å². The van der Waals surface area contributed by atoms with Gasteiger partial charge in [0.25, 0.3) is 0 Å². The summed E-state index contributed by atoms with van der Waals surface area (Å²) < 4.78 is 0. The Labute approximate surface area is 119 Å². The van der Waals surface area contributed by atoms with Gasteiger partial charge in [-0.25, -0.2) is 4.79 Å². The number of carboxylic acids is 1. The van der Waals surface area contributed by atoms with Crippen LogP contribution in [-0.2, 0) is 4.79 Å². The number of hydrogen-bond donors (Lipinski definition) is 1. The number of allylic oxidation sites excluding steroid dienone is 3. The average molecular weight is 268 g/mol. The first-order valence-corrected chi connectivity index (χ1v) is 7.05. The van der Waals surface area contributed by atoms with Crippen molar-refractivity contribution in [3.8, 4) is 0 Å². The summed E-state index contributed by atoms with van der Waals surface area (Å²) in [5.74, 6) is -0.776. The highest BCUT2D eigenvalue weighted by atomic mass is 16.4. The minimum Gasteiger partial charge on any atom is -0.478 e. The molecule has 0 aromatic heterocycles. The Balaban J connectivity index is 2.33. The second-order valence-corrected chi connectivity index (χ2v) is 6.51. The zero-order valence-electron chi connectivity index (χ0n) is 12.4. The molecule has 0 aliphatic heterocycles. The summed E-state index contributed by atoms with van der Waals surface area (Å²) in [6.45, 7) is 8.51. The number of benzene rings is 1. The molecule has 2 atom stereocenters. The molecule has 0 fully saturated rings. The molecule has 0 radical (unpaired) electrons. The first kappa shape index (κ1) is 13.2. The molecule has 2 bridgehead atoms. The highest BCUT2D eigenvalue weighted by Gasteiger charge is 2.58. The zero-order valence-corrected chi connectivity index (χ0v) is 12.4. The summed E-state index contributed by atoms with van der Waals surface area (Å²) in [4.78, 5) is 11.9. The third-order valence-corrected chi connectivity index (χ3v) is 5.55. The maximum absolute atomic E-state index is 11.9. The van der Waals surface area contributed by atoms with Gasteiger partial charge in [-0.3, -0.25) is 0 Å². The molecular formula is C18H20O2. The molecule has 2 unspecified atom stereocenters. The first-order chi connectivity index (χ1) is 9.32. The van der Waals surface area contributed by atoms with E-state index in [1.165, 1.54) is 11.1 Å². The molecule has 2 nitrogen and oxygen atoms in total. The topological polar surface area (TPSA) is 37.3 Å². The monoisotopic (exact) mass is 268 g/mol. The Morgan fingerprint density at radius 1 is 1.05 bits per heavy atom. The van der Waals surface area contributed by atoms with Gasteiger partial charge < -0.3 is 5.11 Å². The normalized spacial score (nSPS) is 32.2. The molecule has 3 rings (SSSR count). The highest BCUT2D eigenvalue weighted by Crippen LogP contribution is 2.68. The number of aliphatic carboxylic acids is 1. The van der Waals surface area contributed by atoms with Crippen LogP contribution in [0.1, 0.15) is 39.7 Å². The van der Waals surface area contributed by atoms with Crippen molar-refractivity contribution >= 4 is 11.5 Å². The minimum absolute atomic E-state index is 0.145. The Kier molecular flexibility index (Phi) is 2.53. The molecule has 0 spiro atoms. The molecule has 1 aromatic carbocycles. The van der Waals surface area contributed by atoms with Crippen LogP contribution >= 0.6 is 0 Å². The van der Waals surface area contributed by atoms with Crippen LogP contribution in [0.15, 0.2) is 47.1 Å². The summed E-state index contributed by atoms with van der Waals surface area (Å²) in [5, 5.41) is 9.77. The predicted octanol–water partition coefficient (Wildman–Crippen LogP) is 4.29. The number of hydrogen-bond acceptors (Lipinski definition) is 1. The van der Waals surface area contributed by atoms with Crippen LogP contribution < -0.4 is 0 Å². The van der Waals surface area contributed by atoms with Gasteiger partial charge in [0.15, 0.2) is 0 Å². The predicted molar refractivity (Wildman–Crippen MR) is 80.2 cm³/mol. The van der Waals surface area contributed by atoms with Crippen molar-refractivity contribution in [3.05, 3.63) is 52.6 Å². The van der Waals surface area contributed by atoms with E-state index in [-0.39, 0.29) is 10.8 Å². The fraction of sp³-hybridized carbons (Fsp3) is 0.389. The summed E-state index contributed by atoms with van der Waals surface area (Å²) >= 11 is 0. The molecule has 104 valence electrons. The highest BCUT2D eigenvalue weighted by molar-refractivity contribution is 6.03. The van der Waals surface area contributed by atoms with E-state index < -0.39 is 5.97 Å². The SMILES string of the molecule is CC1=C(C)C2(C)CC1(C)C(C(=O)O)=C2c1ccccc1. The van der Waals surface area contributed by atoms with Gasteiger partial charge in [0.1, 0.15) is 0 Å². The smallest absolute Gasteiger partial charge is 0.332 e. The van der Waals surface area contributed by atoms with Crippen LogP contribution in [0.5, 0.6) is 0 Å². The molecule has 0 saturated carbocycles. The maximum Gasteiger partial charge on any atom is 0.332 e. The lowest BCUT2D eigenvalue weighted by Crippen LogP contribution is -2.23. The van der Waals surface area contributed by atoms with E-state index in [1.54, 1.807) is 0 Å². The van der Waals surface area contributed by atoms with Gasteiger partial charge in [0.2, 0.25) is 0 Å². The number of fused-ring (bicyclic) bond motifs is 2. The van der Waals surface area contributed by atoms with E-state index in [9.17, 15) is 9.90 Å². The minimum atomic E-state index is -0.776. The van der Waals surface area contributed by atoms with E-state index in [2.05, 4.69) is 27.7 Å². The van der Waals surface area contributed by atoms with Gasteiger partial charge in [-0.1, -0.05) is 55.3 Å². The van der Waals surface area contributed by atoms with Gasteiger partial charge in [-0.05, 0) is 31.4 Å². The molecule has 0 saturated heterocycles. The molecule has 20 heavy (non-hydrogen) atoms. The van der Waals surface area contributed by atoms with E-state index in [0.29, 0.717) is 5.57 Å². The maximum atomic E-state index is 11.9. The largest absolute Gasteiger partial charge is 0.478 e. The quantitative estimate of drug-likeness (QED) is 0.812. The molecule has 2 aliphatic rings. The molecule has 0 heterocycles. The lowest BCUT2D eigenvalue weighted by Gasteiger charge is -2.31. The van der Waals surface area contributed by atoms with Crippen molar-refractivity contribution in [2.75, 3.05) is 0 Å². The number of carboxylic acid groups (broad SMARTS) is 1. The zero-order chi connectivity index (χ0) is 14.7. The van der Waals surface area contributed by atoms with Crippen molar-refractivity contribution < 1.29 is 9.90 Å². The van der Waals surface area contributed by atoms with Gasteiger partial charge in [0.05, 0.1) is 5.57 Å². The third kappa shape index (κ3) is 1.37. The van der Waals surface area contributed by atoms with Gasteiger partial charge in [0, 0.05) is 10.8 Å². The fourth-order valence-electron chi connectivity index (χ4n) is 4.31. The lowest BCUT2D eigenvalue weighted by atomic mass is 9.72. The van der Waals surface area contributed by atoms with Gasteiger partial charge >= 0.3 is 5.97 Å². The third-order valence-electron chi connectivity index (χ3n) is 5.55.